The quantitative estimate of drug-likeness (QED) is 0.0907. The zero-order chi connectivity index (χ0) is 46.4. The van der Waals surface area contributed by atoms with Crippen LogP contribution >= 0.6 is 0 Å². The van der Waals surface area contributed by atoms with Gasteiger partial charge in [-0.15, -0.1) is 24.3 Å². The minimum atomic E-state index is -0.570. The van der Waals surface area contributed by atoms with Crippen LogP contribution in [0.5, 0.6) is 11.5 Å². The Labute approximate surface area is 366 Å². The second-order valence-electron chi connectivity index (χ2n) is 13.6. The van der Waals surface area contributed by atoms with Crippen LogP contribution < -0.4 is 25.8 Å². The van der Waals surface area contributed by atoms with Gasteiger partial charge in [-0.2, -0.15) is 29.7 Å². The Kier molecular flexibility index (Phi) is 6.74. The maximum atomic E-state index is 8.98. The molecular formula is C52H32BN3OPt-2. The molecule has 11 rings (SSSR count). The Morgan fingerprint density at radius 1 is 0.603 bits per heavy atom. The van der Waals surface area contributed by atoms with Crippen LogP contribution in [0.15, 0.2) is 194 Å². The van der Waals surface area contributed by atoms with Crippen molar-refractivity contribution in [2.24, 2.45) is 0 Å². The number of hydrogen-bond acceptors (Lipinski definition) is 2. The normalized spacial score (nSPS) is 14.0. The molecule has 6 heteroatoms. The minimum absolute atomic E-state index is 0. The summed E-state index contributed by atoms with van der Waals surface area (Å²) in [5.41, 5.74) is 7.01. The number of rotatable bonds is 7. The summed E-state index contributed by atoms with van der Waals surface area (Å²) >= 11 is 0. The van der Waals surface area contributed by atoms with Crippen LogP contribution in [0.1, 0.15) is 13.7 Å². The van der Waals surface area contributed by atoms with Gasteiger partial charge >= 0.3 is 0 Å². The number of benzene rings is 8. The van der Waals surface area contributed by atoms with Gasteiger partial charge in [-0.1, -0.05) is 151 Å². The summed E-state index contributed by atoms with van der Waals surface area (Å²) in [6, 6.07) is 41.7. The van der Waals surface area contributed by atoms with Gasteiger partial charge in [0, 0.05) is 44.4 Å². The number of aromatic nitrogens is 3. The summed E-state index contributed by atoms with van der Waals surface area (Å²) in [6.07, 6.45) is 5.21. The third kappa shape index (κ3) is 6.07. The van der Waals surface area contributed by atoms with E-state index in [1.54, 1.807) is 39.5 Å². The molecule has 4 nitrogen and oxygen atoms in total. The van der Waals surface area contributed by atoms with Crippen LogP contribution in [-0.4, -0.2) is 16.3 Å². The van der Waals surface area contributed by atoms with Gasteiger partial charge in [0.2, 0.25) is 6.71 Å². The van der Waals surface area contributed by atoms with Crippen LogP contribution in [-0.2, 0) is 21.1 Å². The molecule has 0 aliphatic carbocycles. The SMILES string of the molecule is [2H]c1c([2H])c([2H])c(-c2cccc(-c3c([2H])c([2H])c([2H])c([2H])c3[2H])c2-[n+]2[c-]n(-c3[c-]c(Oc4[c-]c(B5c6ncccc6-c6cccc7cccc5c67)ccc4)ccc3)c3ccccc32)c([2H])c1[2H].[Pt]. The van der Waals surface area contributed by atoms with E-state index in [2.05, 4.69) is 60.9 Å². The van der Waals surface area contributed by atoms with Crippen molar-refractivity contribution in [2.45, 2.75) is 0 Å². The van der Waals surface area contributed by atoms with Crippen molar-refractivity contribution >= 4 is 45.0 Å². The van der Waals surface area contributed by atoms with Crippen LogP contribution in [0.25, 0.3) is 66.6 Å². The maximum Gasteiger partial charge on any atom is 0.268 e. The molecular weight excluding hydrogens is 888 g/mol. The van der Waals surface area contributed by atoms with Gasteiger partial charge in [0.25, 0.3) is 6.33 Å². The molecule has 0 saturated heterocycles. The van der Waals surface area contributed by atoms with E-state index in [-0.39, 0.29) is 55.7 Å². The average Bonchev–Trinajstić information content (AvgIpc) is 3.74. The molecule has 1 aliphatic heterocycles. The van der Waals surface area contributed by atoms with Crippen molar-refractivity contribution in [3.63, 3.8) is 0 Å². The molecule has 0 amide bonds. The number of para-hydroxylation sites is 3. The average molecular weight is 931 g/mol. The van der Waals surface area contributed by atoms with Crippen molar-refractivity contribution in [1.82, 2.24) is 9.55 Å². The van der Waals surface area contributed by atoms with Crippen LogP contribution in [0.3, 0.4) is 0 Å². The summed E-state index contributed by atoms with van der Waals surface area (Å²) in [7, 11) is 0. The Morgan fingerprint density at radius 2 is 1.24 bits per heavy atom. The summed E-state index contributed by atoms with van der Waals surface area (Å²) in [5.74, 6) is 0.833. The van der Waals surface area contributed by atoms with Gasteiger partial charge in [0.1, 0.15) is 0 Å². The van der Waals surface area contributed by atoms with Gasteiger partial charge in [0.15, 0.2) is 0 Å². The second-order valence-corrected chi connectivity index (χ2v) is 13.6. The largest absolute Gasteiger partial charge is 0.510 e. The Balaban J connectivity index is 0.00000539. The second kappa shape index (κ2) is 14.9. The van der Waals surface area contributed by atoms with Crippen LogP contribution in [0, 0.1) is 18.5 Å². The van der Waals surface area contributed by atoms with Gasteiger partial charge in [0.05, 0.1) is 30.4 Å². The Bertz CT molecular complexity index is 3580. The van der Waals surface area contributed by atoms with E-state index in [1.807, 2.05) is 60.8 Å². The first-order chi connectivity index (χ1) is 32.4. The first kappa shape index (κ1) is 26.2. The molecule has 2 aromatic heterocycles. The Morgan fingerprint density at radius 3 is 2.02 bits per heavy atom. The molecule has 0 radical (unpaired) electrons. The van der Waals surface area contributed by atoms with Gasteiger partial charge in [-0.25, -0.2) is 0 Å². The molecule has 58 heavy (non-hydrogen) atoms. The molecule has 0 bridgehead atoms. The van der Waals surface area contributed by atoms with E-state index in [0.717, 1.165) is 33.0 Å². The van der Waals surface area contributed by atoms with E-state index >= 15 is 0 Å². The smallest absolute Gasteiger partial charge is 0.268 e. The molecule has 0 spiro atoms. The first-order valence-electron chi connectivity index (χ1n) is 23.4. The summed E-state index contributed by atoms with van der Waals surface area (Å²) in [4.78, 5) is 4.89. The standard InChI is InChI=1S/C52H32BN3O.Pt/c1-3-15-36(16-4-1)43-25-13-26-44(37-17-5-2-6-18-37)51(43)56-35-55(48-30-7-8-31-49(48)56)40-22-12-24-42(34-40)57-41-23-11-21-39(33-41)53-47-29-10-20-38-19-9-27-45(50(38)47)46-28-14-32-54-52(46)53;/h1-32H;/q-2;/i1D,2D,3D,4D,5D,6D,15D,16D,17D,18D;. The third-order valence-corrected chi connectivity index (χ3v) is 10.3. The monoisotopic (exact) mass is 930 g/mol. The molecule has 0 atom stereocenters. The number of ether oxygens (including phenoxy) is 1. The van der Waals surface area contributed by atoms with E-state index in [1.165, 1.54) is 5.39 Å². The zero-order valence-electron chi connectivity index (χ0n) is 40.3. The van der Waals surface area contributed by atoms with Crippen LogP contribution in [0.4, 0.5) is 0 Å². The molecule has 1 aliphatic rings. The van der Waals surface area contributed by atoms with E-state index in [4.69, 9.17) is 23.4 Å². The molecule has 0 unspecified atom stereocenters. The number of imidazole rings is 1. The molecule has 0 fully saturated rings. The predicted molar refractivity (Wildman–Crippen MR) is 231 cm³/mol. The van der Waals surface area contributed by atoms with Crippen molar-refractivity contribution in [1.29, 1.82) is 0 Å². The van der Waals surface area contributed by atoms with Gasteiger partial charge in [-0.05, 0) is 55.9 Å². The fourth-order valence-corrected chi connectivity index (χ4v) is 7.97. The predicted octanol–water partition coefficient (Wildman–Crippen LogP) is 9.48. The first-order valence-corrected chi connectivity index (χ1v) is 18.4. The molecule has 8 aromatic carbocycles. The van der Waals surface area contributed by atoms with Crippen molar-refractivity contribution < 1.29 is 44.1 Å². The van der Waals surface area contributed by atoms with Crippen LogP contribution in [0.2, 0.25) is 0 Å². The third-order valence-electron chi connectivity index (χ3n) is 10.3. The minimum Gasteiger partial charge on any atom is -0.510 e. The number of pyridine rings is 1. The Hall–Kier alpha value is -6.81. The number of fused-ring (bicyclic) bond motifs is 3. The van der Waals surface area contributed by atoms with E-state index < -0.39 is 60.4 Å². The van der Waals surface area contributed by atoms with Gasteiger partial charge in [-0.3, -0.25) is 9.55 Å². The molecule has 3 heterocycles. The van der Waals surface area contributed by atoms with Crippen molar-refractivity contribution in [3.05, 3.63) is 212 Å². The molecule has 0 saturated carbocycles. The molecule has 276 valence electrons. The van der Waals surface area contributed by atoms with Crippen molar-refractivity contribution in [2.75, 3.05) is 0 Å². The molecule has 10 aromatic rings. The van der Waals surface area contributed by atoms with E-state index in [9.17, 15) is 0 Å². The topological polar surface area (TPSA) is 30.9 Å². The maximum absolute atomic E-state index is 8.98. The fraction of sp³-hybridized carbons (Fsp3) is 0. The van der Waals surface area contributed by atoms with Crippen molar-refractivity contribution in [3.8, 4) is 56.3 Å². The van der Waals surface area contributed by atoms with Gasteiger partial charge < -0.3 is 9.30 Å². The molecule has 0 N–H and O–H groups in total. The van der Waals surface area contributed by atoms with E-state index in [0.29, 0.717) is 28.2 Å². The fourth-order valence-electron chi connectivity index (χ4n) is 7.97. The zero-order valence-corrected chi connectivity index (χ0v) is 32.6. The number of hydrogen-bond donors (Lipinski definition) is 0. The summed E-state index contributed by atoms with van der Waals surface area (Å²) in [5, 5.41) is 2.33. The number of nitrogens with zero attached hydrogens (tertiary/aromatic N) is 3. The summed E-state index contributed by atoms with van der Waals surface area (Å²) in [6.45, 7) is -0.206. The summed E-state index contributed by atoms with van der Waals surface area (Å²) < 4.78 is 96.6.